The second-order valence-corrected chi connectivity index (χ2v) is 37.4. The Labute approximate surface area is 668 Å². The van der Waals surface area contributed by atoms with E-state index in [1.807, 2.05) is 47.2 Å². The second kappa shape index (κ2) is 33.1. The number of carbonyl (C=O) groups is 3. The normalized spacial score (nSPS) is 32.0. The summed E-state index contributed by atoms with van der Waals surface area (Å²) in [6, 6.07) is 0. The molecule has 7 fully saturated rings. The van der Waals surface area contributed by atoms with Gasteiger partial charge in [-0.3, -0.25) is 33.1 Å². The topological polar surface area (TPSA) is 307 Å². The molecule has 2 aliphatic heterocycles. The van der Waals surface area contributed by atoms with E-state index in [9.17, 15) is 34.8 Å². The Morgan fingerprint density at radius 1 is 0.393 bits per heavy atom. The minimum atomic E-state index is -0.530. The Balaban J connectivity index is 0.000000174. The Hall–Kier alpha value is -6.18. The van der Waals surface area contributed by atoms with Gasteiger partial charge in [0.1, 0.15) is 11.5 Å². The van der Waals surface area contributed by atoms with E-state index in [4.69, 9.17) is 54.1 Å². The molecular weight excluding hydrogens is 1420 g/mol. The number of carbonyl (C=O) groups excluding carboxylic acids is 3. The molecule has 6 N–H and O–H groups in total. The highest BCUT2D eigenvalue weighted by atomic mass is 16.7. The molecule has 23 heteroatoms. The van der Waals surface area contributed by atoms with Crippen molar-refractivity contribution in [3.05, 3.63) is 111 Å². The molecule has 0 aromatic carbocycles. The summed E-state index contributed by atoms with van der Waals surface area (Å²) in [5.41, 5.74) is 10.5. The first kappa shape index (κ1) is 91.3. The van der Waals surface area contributed by atoms with E-state index in [2.05, 4.69) is 107 Å². The van der Waals surface area contributed by atoms with Gasteiger partial charge >= 0.3 is 0 Å². The average Bonchev–Trinajstić information content (AvgIpc) is 0.787. The Morgan fingerprint density at radius 2 is 0.741 bits per heavy atom. The van der Waals surface area contributed by atoms with Crippen LogP contribution in [0.15, 0.2) is 59.2 Å². The molecule has 0 bridgehead atoms. The lowest BCUT2D eigenvalue weighted by Crippen LogP contribution is -2.61. The maximum atomic E-state index is 12.7. The van der Waals surface area contributed by atoms with Crippen LogP contribution >= 0.6 is 0 Å². The first-order chi connectivity index (χ1) is 50.5. The van der Waals surface area contributed by atoms with Crippen LogP contribution in [0.4, 0.5) is 0 Å². The fourth-order valence-corrected chi connectivity index (χ4v) is 24.4. The largest absolute Gasteiger partial charge is 0.515 e. The average molecular weight is 1560 g/mol. The van der Waals surface area contributed by atoms with Crippen molar-refractivity contribution < 1.29 is 68.5 Å². The summed E-state index contributed by atoms with van der Waals surface area (Å²) in [5.74, 6) is 2.46. The molecule has 2 spiro atoms. The fraction of sp³-hybridized carbons (Fsp3) is 0.753. The van der Waals surface area contributed by atoms with Crippen molar-refractivity contribution in [3.8, 4) is 0 Å². The summed E-state index contributed by atoms with van der Waals surface area (Å²) >= 11 is 0. The number of ether oxygens (including phenoxy) is 4. The van der Waals surface area contributed by atoms with Crippen molar-refractivity contribution >= 4 is 17.3 Å². The number of allylic oxidation sites excluding steroid dienone is 2. The van der Waals surface area contributed by atoms with Crippen molar-refractivity contribution in [2.75, 3.05) is 52.9 Å². The van der Waals surface area contributed by atoms with Crippen molar-refractivity contribution in [2.24, 2.45) is 56.7 Å². The number of rotatable bonds is 8. The van der Waals surface area contributed by atoms with Gasteiger partial charge in [0.05, 0.1) is 121 Å². The number of aryl methyl sites for hydroxylation is 4. The molecule has 628 valence electrons. The third-order valence-corrected chi connectivity index (χ3v) is 29.9. The minimum Gasteiger partial charge on any atom is -0.515 e. The molecule has 12 aliphatic rings. The lowest BCUT2D eigenvalue weighted by Gasteiger charge is -2.59. The maximum absolute atomic E-state index is 12.7. The molecular formula is C89H143N9O14. The Bertz CT molecular complexity index is 4190. The maximum Gasteiger partial charge on any atom is 0.173 e. The molecule has 10 atom stereocenters. The highest BCUT2D eigenvalue weighted by Crippen LogP contribution is 2.65. The number of aliphatic hydroxyl groups excluding tert-OH is 6. The van der Waals surface area contributed by atoms with Gasteiger partial charge in [-0.25, -0.2) is 0 Å². The standard InChI is InChI=1S/C18H28N2O3.C17H23N3O2.C17H24N2O3.C16H24N2O2.C16H24O4.5CH4/c1-16(2)14-5-4-13-12-20(8-9-21)19-15(13)17(14,3)6-7-18(16)22-10-11-23-18;1-16(2)13-5-4-11-10-20(6-7-21)19-14(11)17(13,3)8-12-9-18-22-15(12)16;1-16(2)13-5-4-11-9-19(6-7-20)18-14(11)17(13,3)8-12(10-21)15(16)22;1-15(2)12-5-4-11-10-18(8-9-19)17-14(11)16(12,3)7-6-13(15)20;1-14(2)12-5-4-11(10-17)13(18)15(12,3)6-7-16(14)19-8-9-20-16;;;;;/h12,14,21H,4-11H2,1-3H3;9-10,13,21H,4-8H2,1-3H3;9-10,13,20-21H,4-8H2,1-3H3;10,12,19H,4-9H2,1-3H3;10,12,17H,4-9H2,1-3H3;5*1H4/b;;12-10-;;11-10+;;;;;/t14-,17-;2*13-,17-;12-,16-;12-,15-;;;;;/m00000...../s1. The SMILES string of the molecule is C.C.C.C.C.CC1(C)C(=O)/C(=C\O)C[C@]2(C)c3nn(CCO)cc3CC[C@@H]12.CC1(C)C(=O)CC[C@]2(C)c3nn(CCO)cc3CC[C@@H]12.CC1(C)[C@@H]2CC/C(=C\O)C(=O)[C@@]2(C)CCC12OCCO2.CC1(C)[C@@H]2CCc3cn(CCO)nc3[C@@]2(C)CCC12OCCO2.CC1(C)c2oncc2C[C@]2(C)c3nn(CCO)cc3CC[C@@H]12. The van der Waals surface area contributed by atoms with Gasteiger partial charge in [-0.05, 0) is 148 Å². The van der Waals surface area contributed by atoms with Gasteiger partial charge in [0.25, 0.3) is 0 Å². The highest BCUT2D eigenvalue weighted by molar-refractivity contribution is 6.01. The predicted octanol–water partition coefficient (Wildman–Crippen LogP) is 14.9. The van der Waals surface area contributed by atoms with Crippen LogP contribution in [-0.2, 0) is 119 Å². The number of aromatic nitrogens is 9. The van der Waals surface area contributed by atoms with Crippen molar-refractivity contribution in [1.82, 2.24) is 44.3 Å². The molecule has 0 radical (unpaired) electrons. The van der Waals surface area contributed by atoms with E-state index in [0.29, 0.717) is 107 Å². The summed E-state index contributed by atoms with van der Waals surface area (Å²) < 4.78 is 37.3. The van der Waals surface area contributed by atoms with Crippen LogP contribution in [0.3, 0.4) is 0 Å². The van der Waals surface area contributed by atoms with Gasteiger partial charge in [-0.15, -0.1) is 0 Å². The van der Waals surface area contributed by atoms with Crippen LogP contribution in [0.2, 0.25) is 0 Å². The van der Waals surface area contributed by atoms with Crippen LogP contribution < -0.4 is 0 Å². The fourth-order valence-electron chi connectivity index (χ4n) is 24.4. The zero-order valence-corrected chi connectivity index (χ0v) is 66.6. The van der Waals surface area contributed by atoms with Gasteiger partial charge < -0.3 is 54.1 Å². The minimum absolute atomic E-state index is 0. The third kappa shape index (κ3) is 14.5. The van der Waals surface area contributed by atoms with Crippen LogP contribution in [0.5, 0.6) is 0 Å². The lowest BCUT2D eigenvalue weighted by molar-refractivity contribution is -0.281. The second-order valence-electron chi connectivity index (χ2n) is 37.4. The van der Waals surface area contributed by atoms with E-state index in [1.54, 1.807) is 4.68 Å². The van der Waals surface area contributed by atoms with E-state index in [1.165, 1.54) is 44.9 Å². The quantitative estimate of drug-likeness (QED) is 0.0621. The van der Waals surface area contributed by atoms with E-state index < -0.39 is 22.4 Å². The zero-order valence-electron chi connectivity index (χ0n) is 66.6. The molecule has 5 aromatic rings. The first-order valence-electron chi connectivity index (χ1n) is 40.0. The number of nitrogens with zero attached hydrogens (tertiary/aromatic N) is 9. The number of hydrogen-bond donors (Lipinski definition) is 6. The van der Waals surface area contributed by atoms with Gasteiger partial charge in [0.15, 0.2) is 23.1 Å². The summed E-state index contributed by atoms with van der Waals surface area (Å²) in [7, 11) is 0. The van der Waals surface area contributed by atoms with Crippen LogP contribution in [0.25, 0.3) is 0 Å². The molecule has 5 aromatic heterocycles. The van der Waals surface area contributed by atoms with Crippen LogP contribution in [0.1, 0.15) is 281 Å². The van der Waals surface area contributed by atoms with E-state index in [-0.39, 0.29) is 130 Å². The third-order valence-electron chi connectivity index (χ3n) is 29.9. The first-order valence-corrected chi connectivity index (χ1v) is 40.0. The number of ketones is 3. The summed E-state index contributed by atoms with van der Waals surface area (Å²) in [6.07, 6.45) is 28.6. The number of Topliss-reactive ketones (excluding diaryl/α,β-unsaturated/α-hetero) is 3. The van der Waals surface area contributed by atoms with Crippen LogP contribution in [-0.4, -0.2) is 157 Å². The molecule has 7 heterocycles. The zero-order chi connectivity index (χ0) is 77.1. The van der Waals surface area contributed by atoms with E-state index >= 15 is 0 Å². The molecule has 112 heavy (non-hydrogen) atoms. The van der Waals surface area contributed by atoms with Gasteiger partial charge in [-0.2, -0.15) is 20.4 Å². The highest BCUT2D eigenvalue weighted by Gasteiger charge is 2.67. The smallest absolute Gasteiger partial charge is 0.173 e. The number of aliphatic hydroxyl groups is 6. The molecule has 2 saturated heterocycles. The van der Waals surface area contributed by atoms with E-state index in [0.717, 1.165) is 120 Å². The van der Waals surface area contributed by atoms with Crippen molar-refractivity contribution in [3.63, 3.8) is 0 Å². The Kier molecular flexibility index (Phi) is 27.0. The number of fused-ring (bicyclic) bond motifs is 14. The molecule has 23 nitrogen and oxygen atoms in total. The summed E-state index contributed by atoms with van der Waals surface area (Å²) in [4.78, 5) is 37.6. The molecule has 17 rings (SSSR count). The van der Waals surface area contributed by atoms with Crippen molar-refractivity contribution in [1.29, 1.82) is 0 Å². The number of hydrogen-bond acceptors (Lipinski definition) is 19. The van der Waals surface area contributed by atoms with Gasteiger partial charge in [-0.1, -0.05) is 146 Å². The molecule has 0 amide bonds. The van der Waals surface area contributed by atoms with Gasteiger partial charge in [0, 0.05) is 115 Å². The summed E-state index contributed by atoms with van der Waals surface area (Å²) in [5, 5.41) is 78.5. The van der Waals surface area contributed by atoms with Crippen LogP contribution in [0, 0.1) is 56.7 Å². The van der Waals surface area contributed by atoms with Gasteiger partial charge in [0.2, 0.25) is 0 Å². The summed E-state index contributed by atoms with van der Waals surface area (Å²) in [6.45, 7) is 38.2. The molecule has 5 saturated carbocycles. The lowest BCUT2D eigenvalue weighted by atomic mass is 9.48. The molecule has 0 unspecified atom stereocenters. The Morgan fingerprint density at radius 3 is 1.15 bits per heavy atom. The predicted molar refractivity (Wildman–Crippen MR) is 435 cm³/mol. The monoisotopic (exact) mass is 1560 g/mol. The molecule has 10 aliphatic carbocycles. The van der Waals surface area contributed by atoms with Crippen molar-refractivity contribution in [2.45, 2.75) is 321 Å².